The summed E-state index contributed by atoms with van der Waals surface area (Å²) in [4.78, 5) is 16.6. The predicted octanol–water partition coefficient (Wildman–Crippen LogP) is 6.69. The summed E-state index contributed by atoms with van der Waals surface area (Å²) in [7, 11) is 1.82. The van der Waals surface area contributed by atoms with E-state index in [1.807, 2.05) is 49.5 Å². The number of aromatic amines is 1. The van der Waals surface area contributed by atoms with E-state index in [9.17, 15) is 9.90 Å². The van der Waals surface area contributed by atoms with Crippen LogP contribution in [-0.2, 0) is 40.9 Å². The SMILES string of the molecule is CCOC(=O)c1[nH]c2c(-c3c(COC4CCCCO4)nn(C)c3CO)cccc2c1CCCOc1cccc2ccccc12.[HH]. The van der Waals surface area contributed by atoms with Gasteiger partial charge in [0.2, 0.25) is 0 Å². The number of benzene rings is 3. The lowest BCUT2D eigenvalue weighted by Crippen LogP contribution is -2.22. The summed E-state index contributed by atoms with van der Waals surface area (Å²) in [6.45, 7) is 3.30. The van der Waals surface area contributed by atoms with E-state index in [1.54, 1.807) is 11.6 Å². The van der Waals surface area contributed by atoms with E-state index >= 15 is 0 Å². The van der Waals surface area contributed by atoms with Crippen molar-refractivity contribution in [2.24, 2.45) is 7.05 Å². The van der Waals surface area contributed by atoms with Gasteiger partial charge < -0.3 is 29.0 Å². The third kappa shape index (κ3) is 6.08. The number of esters is 1. The second kappa shape index (κ2) is 13.6. The molecule has 2 N–H and O–H groups in total. The summed E-state index contributed by atoms with van der Waals surface area (Å²) in [5.74, 6) is 0.447. The normalized spacial score (nSPS) is 15.2. The van der Waals surface area contributed by atoms with Gasteiger partial charge in [0.05, 0.1) is 43.3 Å². The van der Waals surface area contributed by atoms with Crippen LogP contribution >= 0.6 is 0 Å². The van der Waals surface area contributed by atoms with Crippen LogP contribution in [0.25, 0.3) is 32.8 Å². The first kappa shape index (κ1) is 29.9. The molecule has 9 heteroatoms. The predicted molar refractivity (Wildman–Crippen MR) is 171 cm³/mol. The van der Waals surface area contributed by atoms with Gasteiger partial charge in [0.1, 0.15) is 11.4 Å². The number of nitrogens with one attached hydrogen (secondary N) is 1. The molecule has 5 aromatic rings. The number of H-pyrrole nitrogens is 1. The van der Waals surface area contributed by atoms with Crippen LogP contribution in [0.4, 0.5) is 0 Å². The van der Waals surface area contributed by atoms with Crippen molar-refractivity contribution >= 4 is 27.6 Å². The summed E-state index contributed by atoms with van der Waals surface area (Å²) < 4.78 is 25.2. The molecule has 2 aromatic heterocycles. The highest BCUT2D eigenvalue weighted by atomic mass is 16.7. The van der Waals surface area contributed by atoms with Crippen molar-refractivity contribution in [3.05, 3.63) is 83.3 Å². The Morgan fingerprint density at radius 3 is 2.75 bits per heavy atom. The molecule has 1 atom stereocenters. The second-order valence-corrected chi connectivity index (χ2v) is 11.0. The molecule has 232 valence electrons. The average Bonchev–Trinajstić information content (AvgIpc) is 3.59. The number of carbonyl (C=O) groups excluding carboxylic acids is 1. The Morgan fingerprint density at radius 1 is 1.11 bits per heavy atom. The summed E-state index contributed by atoms with van der Waals surface area (Å²) in [5.41, 5.74) is 5.10. The molecule has 1 fully saturated rings. The standard InChI is InChI=1S/C35H39N3O6.H2/c1-3-41-35(40)34-26(16-10-20-42-30-17-8-12-23-11-4-5-13-24(23)30)25-14-9-15-27(33(25)36-34)32-28(37-38(2)29(32)21-39)22-44-31-18-6-7-19-43-31;/h4-5,8-9,11-15,17,31,36,39H,3,6-7,10,16,18-22H2,1-2H3;1H. The topological polar surface area (TPSA) is 108 Å². The van der Waals surface area contributed by atoms with Gasteiger partial charge in [0.15, 0.2) is 6.29 Å². The molecule has 1 aliphatic heterocycles. The molecule has 3 heterocycles. The maximum atomic E-state index is 13.2. The highest BCUT2D eigenvalue weighted by Crippen LogP contribution is 2.37. The minimum absolute atomic E-state index is 0. The molecule has 0 amide bonds. The number of aliphatic hydroxyl groups is 1. The van der Waals surface area contributed by atoms with Crippen molar-refractivity contribution < 1.29 is 30.3 Å². The van der Waals surface area contributed by atoms with Crippen LogP contribution in [0, 0.1) is 0 Å². The van der Waals surface area contributed by atoms with Crippen LogP contribution in [0.5, 0.6) is 5.75 Å². The van der Waals surface area contributed by atoms with Gasteiger partial charge >= 0.3 is 5.97 Å². The number of hydrogen-bond donors (Lipinski definition) is 2. The monoisotopic (exact) mass is 599 g/mol. The third-order valence-electron chi connectivity index (χ3n) is 8.20. The summed E-state index contributed by atoms with van der Waals surface area (Å²) >= 11 is 0. The number of aromatic nitrogens is 3. The van der Waals surface area contributed by atoms with Crippen LogP contribution in [-0.4, -0.2) is 52.0 Å². The van der Waals surface area contributed by atoms with E-state index in [1.165, 1.54) is 0 Å². The molecular weight excluding hydrogens is 558 g/mol. The van der Waals surface area contributed by atoms with Gasteiger partial charge in [0, 0.05) is 37.0 Å². The first-order valence-electron chi connectivity index (χ1n) is 15.4. The molecule has 1 aliphatic rings. The molecule has 3 aromatic carbocycles. The van der Waals surface area contributed by atoms with Crippen molar-refractivity contribution in [3.63, 3.8) is 0 Å². The molecular formula is C35H41N3O6. The van der Waals surface area contributed by atoms with Crippen molar-refractivity contribution in [3.8, 4) is 16.9 Å². The fourth-order valence-corrected chi connectivity index (χ4v) is 6.10. The number of rotatable bonds is 12. The lowest BCUT2D eigenvalue weighted by atomic mass is 9.98. The van der Waals surface area contributed by atoms with Gasteiger partial charge in [-0.3, -0.25) is 4.68 Å². The lowest BCUT2D eigenvalue weighted by Gasteiger charge is -2.22. The molecule has 0 saturated carbocycles. The molecule has 0 radical (unpaired) electrons. The molecule has 1 unspecified atom stereocenters. The Morgan fingerprint density at radius 2 is 1.93 bits per heavy atom. The number of fused-ring (bicyclic) bond motifs is 2. The maximum Gasteiger partial charge on any atom is 0.355 e. The van der Waals surface area contributed by atoms with Crippen molar-refractivity contribution in [1.82, 2.24) is 14.8 Å². The fraction of sp³-hybridized carbons (Fsp3) is 0.371. The average molecular weight is 600 g/mol. The molecule has 44 heavy (non-hydrogen) atoms. The van der Waals surface area contributed by atoms with Gasteiger partial charge in [-0.1, -0.05) is 54.6 Å². The van der Waals surface area contributed by atoms with Crippen LogP contribution in [0.15, 0.2) is 60.7 Å². The number of aryl methyl sites for hydroxylation is 2. The zero-order chi connectivity index (χ0) is 30.5. The van der Waals surface area contributed by atoms with Crippen molar-refractivity contribution in [1.29, 1.82) is 0 Å². The van der Waals surface area contributed by atoms with E-state index in [0.29, 0.717) is 43.1 Å². The van der Waals surface area contributed by atoms with E-state index in [4.69, 9.17) is 24.0 Å². The maximum absolute atomic E-state index is 13.2. The second-order valence-electron chi connectivity index (χ2n) is 11.0. The van der Waals surface area contributed by atoms with E-state index in [-0.39, 0.29) is 27.5 Å². The Labute approximate surface area is 258 Å². The zero-order valence-corrected chi connectivity index (χ0v) is 25.3. The van der Waals surface area contributed by atoms with Gasteiger partial charge in [0.25, 0.3) is 0 Å². The smallest absolute Gasteiger partial charge is 0.355 e. The van der Waals surface area contributed by atoms with Gasteiger partial charge in [-0.2, -0.15) is 5.10 Å². The number of para-hydroxylation sites is 1. The van der Waals surface area contributed by atoms with Crippen LogP contribution in [0.2, 0.25) is 0 Å². The first-order valence-corrected chi connectivity index (χ1v) is 15.4. The number of ether oxygens (including phenoxy) is 4. The summed E-state index contributed by atoms with van der Waals surface area (Å²) in [6.07, 6.45) is 3.99. The van der Waals surface area contributed by atoms with Gasteiger partial charge in [-0.05, 0) is 56.0 Å². The Hall–Kier alpha value is -4.18. The fourth-order valence-electron chi connectivity index (χ4n) is 6.10. The van der Waals surface area contributed by atoms with E-state index in [2.05, 4.69) is 23.2 Å². The minimum atomic E-state index is -0.397. The van der Waals surface area contributed by atoms with Crippen molar-refractivity contribution in [2.75, 3.05) is 19.8 Å². The zero-order valence-electron chi connectivity index (χ0n) is 25.3. The molecule has 0 aliphatic carbocycles. The third-order valence-corrected chi connectivity index (χ3v) is 8.20. The van der Waals surface area contributed by atoms with Crippen molar-refractivity contribution in [2.45, 2.75) is 58.5 Å². The van der Waals surface area contributed by atoms with E-state index < -0.39 is 5.97 Å². The number of nitrogens with zero attached hydrogens (tertiary/aromatic N) is 2. The van der Waals surface area contributed by atoms with Gasteiger partial charge in [-0.15, -0.1) is 0 Å². The number of hydrogen-bond acceptors (Lipinski definition) is 7. The summed E-state index contributed by atoms with van der Waals surface area (Å²) in [6, 6.07) is 20.2. The number of aliphatic hydroxyl groups excluding tert-OH is 1. The molecule has 0 spiro atoms. The van der Waals surface area contributed by atoms with E-state index in [0.717, 1.165) is 63.4 Å². The molecule has 9 nitrogen and oxygen atoms in total. The van der Waals surface area contributed by atoms with Crippen LogP contribution in [0.3, 0.4) is 0 Å². The highest BCUT2D eigenvalue weighted by molar-refractivity contribution is 6.04. The molecule has 1 saturated heterocycles. The minimum Gasteiger partial charge on any atom is -0.493 e. The Balaban J connectivity index is 0.00000400. The molecule has 6 rings (SSSR count). The summed E-state index contributed by atoms with van der Waals surface area (Å²) in [5, 5.41) is 18.2. The Kier molecular flexibility index (Phi) is 9.26. The first-order chi connectivity index (χ1) is 21.6. The highest BCUT2D eigenvalue weighted by Gasteiger charge is 2.25. The van der Waals surface area contributed by atoms with Crippen LogP contribution in [0.1, 0.15) is 61.5 Å². The van der Waals surface area contributed by atoms with Crippen LogP contribution < -0.4 is 4.74 Å². The lowest BCUT2D eigenvalue weighted by molar-refractivity contribution is -0.169. The molecule has 0 bridgehead atoms. The largest absolute Gasteiger partial charge is 0.493 e. The quantitative estimate of drug-likeness (QED) is 0.122. The Bertz CT molecular complexity index is 1750. The number of carbonyl (C=O) groups is 1. The van der Waals surface area contributed by atoms with Gasteiger partial charge in [-0.25, -0.2) is 4.79 Å².